The van der Waals surface area contributed by atoms with Gasteiger partial charge in [-0.2, -0.15) is 0 Å². The van der Waals surface area contributed by atoms with Gasteiger partial charge >= 0.3 is 0 Å². The van der Waals surface area contributed by atoms with E-state index in [0.717, 1.165) is 22.2 Å². The van der Waals surface area contributed by atoms with Crippen molar-refractivity contribution in [3.8, 4) is 11.4 Å². The van der Waals surface area contributed by atoms with Crippen molar-refractivity contribution in [2.45, 2.75) is 6.92 Å². The third-order valence-corrected chi connectivity index (χ3v) is 2.81. The maximum absolute atomic E-state index is 5.96. The SMILES string of the molecule is Cc1ccc(N)c(-c2nnc3ccccc3n2)c1. The van der Waals surface area contributed by atoms with E-state index in [-0.39, 0.29) is 0 Å². The van der Waals surface area contributed by atoms with Crippen molar-refractivity contribution in [3.63, 3.8) is 0 Å². The lowest BCUT2D eigenvalue weighted by Gasteiger charge is -2.05. The van der Waals surface area contributed by atoms with Crippen LogP contribution in [0.2, 0.25) is 0 Å². The number of nitrogens with two attached hydrogens (primary N) is 1. The molecule has 0 radical (unpaired) electrons. The molecule has 0 saturated carbocycles. The minimum atomic E-state index is 0.565. The average molecular weight is 236 g/mol. The van der Waals surface area contributed by atoms with E-state index in [1.165, 1.54) is 0 Å². The van der Waals surface area contributed by atoms with E-state index in [9.17, 15) is 0 Å². The fourth-order valence-electron chi connectivity index (χ4n) is 1.86. The Morgan fingerprint density at radius 3 is 2.56 bits per heavy atom. The predicted molar refractivity (Wildman–Crippen MR) is 71.9 cm³/mol. The van der Waals surface area contributed by atoms with Crippen LogP contribution in [-0.4, -0.2) is 15.2 Å². The number of nitrogen functional groups attached to an aromatic ring is 1. The van der Waals surface area contributed by atoms with Gasteiger partial charge in [-0.1, -0.05) is 23.8 Å². The molecule has 4 heteroatoms. The van der Waals surface area contributed by atoms with Crippen LogP contribution in [0.4, 0.5) is 5.69 Å². The molecule has 88 valence electrons. The summed E-state index contributed by atoms with van der Waals surface area (Å²) in [5.74, 6) is 0.565. The number of rotatable bonds is 1. The normalized spacial score (nSPS) is 10.7. The van der Waals surface area contributed by atoms with Crippen LogP contribution in [0.25, 0.3) is 22.4 Å². The fourth-order valence-corrected chi connectivity index (χ4v) is 1.86. The van der Waals surface area contributed by atoms with Crippen molar-refractivity contribution in [2.75, 3.05) is 5.73 Å². The van der Waals surface area contributed by atoms with Crippen molar-refractivity contribution in [3.05, 3.63) is 48.0 Å². The van der Waals surface area contributed by atoms with Crippen LogP contribution in [0.15, 0.2) is 42.5 Å². The van der Waals surface area contributed by atoms with Crippen LogP contribution >= 0.6 is 0 Å². The van der Waals surface area contributed by atoms with Gasteiger partial charge in [-0.25, -0.2) is 4.98 Å². The number of aryl methyl sites for hydroxylation is 1. The summed E-state index contributed by atoms with van der Waals surface area (Å²) in [6.07, 6.45) is 0. The number of para-hydroxylation sites is 1. The van der Waals surface area contributed by atoms with Gasteiger partial charge in [-0.3, -0.25) is 0 Å². The van der Waals surface area contributed by atoms with Crippen LogP contribution in [-0.2, 0) is 0 Å². The second-order valence-electron chi connectivity index (χ2n) is 4.21. The van der Waals surface area contributed by atoms with Crippen LogP contribution in [0, 0.1) is 6.92 Å². The molecule has 0 atom stereocenters. The molecule has 0 fully saturated rings. The largest absolute Gasteiger partial charge is 0.398 e. The Bertz CT molecular complexity index is 722. The molecule has 2 aromatic carbocycles. The first-order chi connectivity index (χ1) is 8.74. The summed E-state index contributed by atoms with van der Waals surface area (Å²) in [6.45, 7) is 2.01. The number of aromatic nitrogens is 3. The molecule has 0 aliphatic heterocycles. The van der Waals surface area contributed by atoms with Gasteiger partial charge in [0.05, 0.1) is 5.52 Å². The number of fused-ring (bicyclic) bond motifs is 1. The van der Waals surface area contributed by atoms with E-state index in [1.54, 1.807) is 0 Å². The first-order valence-corrected chi connectivity index (χ1v) is 5.70. The summed E-state index contributed by atoms with van der Waals surface area (Å²) in [4.78, 5) is 4.49. The van der Waals surface area contributed by atoms with Gasteiger partial charge in [0.2, 0.25) is 0 Å². The highest BCUT2D eigenvalue weighted by atomic mass is 15.1. The van der Waals surface area contributed by atoms with Crippen molar-refractivity contribution in [1.29, 1.82) is 0 Å². The average Bonchev–Trinajstić information content (AvgIpc) is 2.41. The second kappa shape index (κ2) is 4.07. The summed E-state index contributed by atoms with van der Waals surface area (Å²) in [5, 5.41) is 8.30. The molecule has 1 heterocycles. The fraction of sp³-hybridized carbons (Fsp3) is 0.0714. The predicted octanol–water partition coefficient (Wildman–Crippen LogP) is 2.58. The first-order valence-electron chi connectivity index (χ1n) is 5.70. The molecule has 2 N–H and O–H groups in total. The molecule has 1 aromatic heterocycles. The van der Waals surface area contributed by atoms with Crippen molar-refractivity contribution < 1.29 is 0 Å². The molecular formula is C14H12N4. The summed E-state index contributed by atoms with van der Waals surface area (Å²) in [5.41, 5.74) is 10.2. The van der Waals surface area contributed by atoms with Gasteiger partial charge in [0.15, 0.2) is 5.82 Å². The molecule has 0 amide bonds. The van der Waals surface area contributed by atoms with Gasteiger partial charge < -0.3 is 5.73 Å². The molecule has 0 saturated heterocycles. The maximum atomic E-state index is 5.96. The minimum Gasteiger partial charge on any atom is -0.398 e. The van der Waals surface area contributed by atoms with Gasteiger partial charge in [0.1, 0.15) is 5.52 Å². The van der Waals surface area contributed by atoms with Gasteiger partial charge in [-0.05, 0) is 31.2 Å². The van der Waals surface area contributed by atoms with Crippen LogP contribution in [0.3, 0.4) is 0 Å². The van der Waals surface area contributed by atoms with E-state index >= 15 is 0 Å². The molecule has 0 bridgehead atoms. The maximum Gasteiger partial charge on any atom is 0.184 e. The smallest absolute Gasteiger partial charge is 0.184 e. The Morgan fingerprint density at radius 2 is 1.72 bits per heavy atom. The molecule has 18 heavy (non-hydrogen) atoms. The minimum absolute atomic E-state index is 0.565. The van der Waals surface area contributed by atoms with Crippen molar-refractivity contribution >= 4 is 16.7 Å². The summed E-state index contributed by atoms with van der Waals surface area (Å²) >= 11 is 0. The molecule has 4 nitrogen and oxygen atoms in total. The number of nitrogens with zero attached hydrogens (tertiary/aromatic N) is 3. The van der Waals surface area contributed by atoms with Crippen molar-refractivity contribution in [1.82, 2.24) is 15.2 Å². The lowest BCUT2D eigenvalue weighted by molar-refractivity contribution is 1.03. The first kappa shape index (κ1) is 10.7. The number of anilines is 1. The van der Waals surface area contributed by atoms with E-state index in [4.69, 9.17) is 5.73 Å². The Labute approximate surface area is 105 Å². The summed E-state index contributed by atoms with van der Waals surface area (Å²) in [7, 11) is 0. The zero-order valence-electron chi connectivity index (χ0n) is 9.96. The van der Waals surface area contributed by atoms with Crippen LogP contribution in [0.5, 0.6) is 0 Å². The topological polar surface area (TPSA) is 64.7 Å². The second-order valence-corrected chi connectivity index (χ2v) is 4.21. The molecular weight excluding hydrogens is 224 g/mol. The van der Waals surface area contributed by atoms with Gasteiger partial charge in [-0.15, -0.1) is 10.2 Å². The summed E-state index contributed by atoms with van der Waals surface area (Å²) < 4.78 is 0. The van der Waals surface area contributed by atoms with Crippen molar-refractivity contribution in [2.24, 2.45) is 0 Å². The van der Waals surface area contributed by atoms with Gasteiger partial charge in [0, 0.05) is 11.3 Å². The molecule has 0 unspecified atom stereocenters. The zero-order valence-corrected chi connectivity index (χ0v) is 9.96. The molecule has 0 aliphatic rings. The van der Waals surface area contributed by atoms with E-state index < -0.39 is 0 Å². The molecule has 0 aliphatic carbocycles. The molecule has 3 rings (SSSR count). The molecule has 3 aromatic rings. The zero-order chi connectivity index (χ0) is 12.5. The highest BCUT2D eigenvalue weighted by molar-refractivity contribution is 5.78. The number of hydrogen-bond donors (Lipinski definition) is 1. The van der Waals surface area contributed by atoms with E-state index in [0.29, 0.717) is 11.5 Å². The van der Waals surface area contributed by atoms with E-state index in [2.05, 4.69) is 15.2 Å². The Morgan fingerprint density at radius 1 is 0.944 bits per heavy atom. The van der Waals surface area contributed by atoms with E-state index in [1.807, 2.05) is 49.4 Å². The lowest BCUT2D eigenvalue weighted by atomic mass is 10.1. The van der Waals surface area contributed by atoms with Crippen LogP contribution < -0.4 is 5.73 Å². The monoisotopic (exact) mass is 236 g/mol. The third-order valence-electron chi connectivity index (χ3n) is 2.81. The highest BCUT2D eigenvalue weighted by Crippen LogP contribution is 2.24. The standard InChI is InChI=1S/C14H12N4/c1-9-6-7-11(15)10(8-9)14-16-12-4-2-3-5-13(12)17-18-14/h2-8H,15H2,1H3. The molecule has 0 spiro atoms. The van der Waals surface area contributed by atoms with Crippen LogP contribution in [0.1, 0.15) is 5.56 Å². The Balaban J connectivity index is 2.22. The Kier molecular flexibility index (Phi) is 2.41. The third kappa shape index (κ3) is 1.78. The quantitative estimate of drug-likeness (QED) is 0.659. The van der Waals surface area contributed by atoms with Gasteiger partial charge in [0.25, 0.3) is 0 Å². The Hall–Kier alpha value is -2.49. The summed E-state index contributed by atoms with van der Waals surface area (Å²) in [6, 6.07) is 13.5. The highest BCUT2D eigenvalue weighted by Gasteiger charge is 2.07. The lowest BCUT2D eigenvalue weighted by Crippen LogP contribution is -1.97. The number of hydrogen-bond acceptors (Lipinski definition) is 4. The number of benzene rings is 2.